The van der Waals surface area contributed by atoms with Crippen LogP contribution in [0.3, 0.4) is 0 Å². The molecule has 7 nitrogen and oxygen atoms in total. The van der Waals surface area contributed by atoms with E-state index >= 15 is 0 Å². The molecule has 1 amide bonds. The van der Waals surface area contributed by atoms with Crippen LogP contribution in [0.2, 0.25) is 0 Å². The van der Waals surface area contributed by atoms with E-state index in [4.69, 9.17) is 14.2 Å². The van der Waals surface area contributed by atoms with Crippen LogP contribution >= 0.6 is 0 Å². The molecular formula is C33H35NO6. The van der Waals surface area contributed by atoms with E-state index in [9.17, 15) is 14.7 Å². The van der Waals surface area contributed by atoms with Crippen molar-refractivity contribution in [3.8, 4) is 17.2 Å². The van der Waals surface area contributed by atoms with Gasteiger partial charge in [0.25, 0.3) is 0 Å². The first-order valence-electron chi connectivity index (χ1n) is 13.5. The van der Waals surface area contributed by atoms with Crippen molar-refractivity contribution in [1.29, 1.82) is 0 Å². The molecule has 0 aromatic heterocycles. The number of hydrogen-bond acceptors (Lipinski definition) is 5. The van der Waals surface area contributed by atoms with Crippen molar-refractivity contribution < 1.29 is 28.9 Å². The molecule has 2 atom stereocenters. The maximum absolute atomic E-state index is 13.0. The van der Waals surface area contributed by atoms with Gasteiger partial charge >= 0.3 is 12.1 Å². The lowest BCUT2D eigenvalue weighted by Crippen LogP contribution is -2.44. The van der Waals surface area contributed by atoms with E-state index in [0.717, 1.165) is 46.9 Å². The molecule has 0 aliphatic heterocycles. The number of fused-ring (bicyclic) bond motifs is 1. The SMILES string of the molecule is CCCCC(Oc1ccc2cc(CN(C(=O)Oc3ccc(OC)cc3)C(C)C(=O)O)ccc2c1)c1ccccc1. The van der Waals surface area contributed by atoms with Crippen molar-refractivity contribution in [2.45, 2.75) is 51.8 Å². The standard InChI is InChI=1S/C33H35NO6/c1-4-5-11-31(25-9-7-6-8-10-25)39-30-15-14-26-20-24(12-13-27(26)21-30)22-34(23(2)32(35)36)33(37)40-29-18-16-28(38-3)17-19-29/h6-10,12-21,23,31H,4-5,11,22H2,1-3H3,(H,35,36). The van der Waals surface area contributed by atoms with Crippen molar-refractivity contribution >= 4 is 22.8 Å². The minimum Gasteiger partial charge on any atom is -0.497 e. The fourth-order valence-corrected chi connectivity index (χ4v) is 4.45. The van der Waals surface area contributed by atoms with Gasteiger partial charge in [-0.05, 0) is 84.1 Å². The minimum absolute atomic E-state index is 0.0272. The number of carbonyl (C=O) groups excluding carboxylic acids is 1. The predicted molar refractivity (Wildman–Crippen MR) is 155 cm³/mol. The Morgan fingerprint density at radius 1 is 0.850 bits per heavy atom. The Morgan fingerprint density at radius 3 is 2.17 bits per heavy atom. The Bertz CT molecular complexity index is 1420. The Morgan fingerprint density at radius 2 is 1.50 bits per heavy atom. The molecule has 1 N–H and O–H groups in total. The van der Waals surface area contributed by atoms with Gasteiger partial charge in [0.15, 0.2) is 0 Å². The number of ether oxygens (including phenoxy) is 3. The molecule has 4 aromatic rings. The zero-order valence-electron chi connectivity index (χ0n) is 23.1. The molecular weight excluding hydrogens is 506 g/mol. The second-order valence-electron chi connectivity index (χ2n) is 9.69. The lowest BCUT2D eigenvalue weighted by molar-refractivity contribution is -0.142. The third kappa shape index (κ3) is 7.32. The largest absolute Gasteiger partial charge is 0.497 e. The molecule has 0 saturated heterocycles. The lowest BCUT2D eigenvalue weighted by Gasteiger charge is -2.26. The summed E-state index contributed by atoms with van der Waals surface area (Å²) in [6.07, 6.45) is 2.33. The van der Waals surface area contributed by atoms with Crippen molar-refractivity contribution in [2.24, 2.45) is 0 Å². The summed E-state index contributed by atoms with van der Waals surface area (Å²) in [5, 5.41) is 11.6. The van der Waals surface area contributed by atoms with Crippen LogP contribution in [0.1, 0.15) is 50.3 Å². The zero-order chi connectivity index (χ0) is 28.5. The van der Waals surface area contributed by atoms with Gasteiger partial charge in [-0.3, -0.25) is 4.90 Å². The second kappa shape index (κ2) is 13.5. The van der Waals surface area contributed by atoms with Crippen LogP contribution in [0.4, 0.5) is 4.79 Å². The Balaban J connectivity index is 1.51. The van der Waals surface area contributed by atoms with Crippen molar-refractivity contribution in [1.82, 2.24) is 4.90 Å². The molecule has 208 valence electrons. The van der Waals surface area contributed by atoms with E-state index in [0.29, 0.717) is 11.5 Å². The molecule has 4 aromatic carbocycles. The second-order valence-corrected chi connectivity index (χ2v) is 9.69. The molecule has 40 heavy (non-hydrogen) atoms. The highest BCUT2D eigenvalue weighted by atomic mass is 16.6. The highest BCUT2D eigenvalue weighted by molar-refractivity contribution is 5.85. The summed E-state index contributed by atoms with van der Waals surface area (Å²) in [7, 11) is 1.55. The van der Waals surface area contributed by atoms with Gasteiger partial charge < -0.3 is 19.3 Å². The van der Waals surface area contributed by atoms with Gasteiger partial charge in [-0.15, -0.1) is 0 Å². The van der Waals surface area contributed by atoms with Crippen LogP contribution in [-0.2, 0) is 11.3 Å². The normalized spacial score (nSPS) is 12.4. The number of rotatable bonds is 12. The topological polar surface area (TPSA) is 85.3 Å². The number of carbonyl (C=O) groups is 2. The quantitative estimate of drug-likeness (QED) is 0.198. The third-order valence-corrected chi connectivity index (χ3v) is 6.82. The van der Waals surface area contributed by atoms with Gasteiger partial charge in [0.05, 0.1) is 7.11 Å². The Hall–Kier alpha value is -4.52. The Kier molecular flexibility index (Phi) is 9.62. The predicted octanol–water partition coefficient (Wildman–Crippen LogP) is 7.63. The van der Waals surface area contributed by atoms with Crippen LogP contribution in [0.15, 0.2) is 91.0 Å². The van der Waals surface area contributed by atoms with Crippen molar-refractivity contribution in [3.05, 3.63) is 102 Å². The molecule has 7 heteroatoms. The molecule has 2 unspecified atom stereocenters. The minimum atomic E-state index is -1.12. The molecule has 0 heterocycles. The van der Waals surface area contributed by atoms with E-state index in [1.807, 2.05) is 54.6 Å². The maximum Gasteiger partial charge on any atom is 0.416 e. The molecule has 0 bridgehead atoms. The maximum atomic E-state index is 13.0. The fraction of sp³-hybridized carbons (Fsp3) is 0.273. The molecule has 0 aliphatic rings. The van der Waals surface area contributed by atoms with E-state index < -0.39 is 18.1 Å². The Labute approximate surface area is 234 Å². The summed E-state index contributed by atoms with van der Waals surface area (Å²) >= 11 is 0. The number of methoxy groups -OCH3 is 1. The highest BCUT2D eigenvalue weighted by Crippen LogP contribution is 2.30. The van der Waals surface area contributed by atoms with Crippen molar-refractivity contribution in [2.75, 3.05) is 7.11 Å². The number of carboxylic acids is 1. The molecule has 0 aliphatic carbocycles. The first-order chi connectivity index (χ1) is 19.4. The third-order valence-electron chi connectivity index (χ3n) is 6.82. The number of nitrogens with zero attached hydrogens (tertiary/aromatic N) is 1. The summed E-state index contributed by atoms with van der Waals surface area (Å²) in [4.78, 5) is 26.0. The number of carboxylic acid groups (broad SMARTS) is 1. The van der Waals surface area contributed by atoms with E-state index in [1.54, 1.807) is 31.4 Å². The summed E-state index contributed by atoms with van der Waals surface area (Å²) in [5.41, 5.74) is 1.94. The van der Waals surface area contributed by atoms with Crippen LogP contribution in [0.25, 0.3) is 10.8 Å². The number of unbranched alkanes of at least 4 members (excludes halogenated alkanes) is 1. The first kappa shape index (κ1) is 28.5. The van der Waals surface area contributed by atoms with Crippen molar-refractivity contribution in [3.63, 3.8) is 0 Å². The molecule has 0 radical (unpaired) electrons. The molecule has 0 spiro atoms. The fourth-order valence-electron chi connectivity index (χ4n) is 4.45. The number of aliphatic carboxylic acids is 1. The van der Waals surface area contributed by atoms with Gasteiger partial charge in [-0.25, -0.2) is 9.59 Å². The zero-order valence-corrected chi connectivity index (χ0v) is 23.1. The van der Waals surface area contributed by atoms with Crippen LogP contribution in [0.5, 0.6) is 17.2 Å². The summed E-state index contributed by atoms with van der Waals surface area (Å²) in [5.74, 6) is 0.587. The first-order valence-corrected chi connectivity index (χ1v) is 13.5. The average molecular weight is 542 g/mol. The van der Waals surface area contributed by atoms with E-state index in [-0.39, 0.29) is 12.6 Å². The number of hydrogen-bond donors (Lipinski definition) is 1. The van der Waals surface area contributed by atoms with Gasteiger partial charge in [0.2, 0.25) is 0 Å². The number of amides is 1. The lowest BCUT2D eigenvalue weighted by atomic mass is 10.0. The molecule has 0 fully saturated rings. The van der Waals surface area contributed by atoms with Crippen LogP contribution in [-0.4, -0.2) is 35.2 Å². The summed E-state index contributed by atoms with van der Waals surface area (Å²) < 4.78 is 17.0. The molecule has 0 saturated carbocycles. The summed E-state index contributed by atoms with van der Waals surface area (Å²) in [6, 6.07) is 27.4. The van der Waals surface area contributed by atoms with Gasteiger partial charge in [0, 0.05) is 6.54 Å². The van der Waals surface area contributed by atoms with Gasteiger partial charge in [0.1, 0.15) is 29.4 Å². The van der Waals surface area contributed by atoms with Gasteiger partial charge in [-0.1, -0.05) is 61.9 Å². The average Bonchev–Trinajstić information content (AvgIpc) is 2.98. The van der Waals surface area contributed by atoms with E-state index in [1.165, 1.54) is 11.8 Å². The summed E-state index contributed by atoms with van der Waals surface area (Å²) in [6.45, 7) is 3.71. The monoisotopic (exact) mass is 541 g/mol. The number of benzene rings is 4. The molecule has 4 rings (SSSR count). The van der Waals surface area contributed by atoms with Crippen LogP contribution < -0.4 is 14.2 Å². The van der Waals surface area contributed by atoms with Gasteiger partial charge in [-0.2, -0.15) is 0 Å². The van der Waals surface area contributed by atoms with Crippen LogP contribution in [0, 0.1) is 0 Å². The highest BCUT2D eigenvalue weighted by Gasteiger charge is 2.27. The smallest absolute Gasteiger partial charge is 0.416 e. The van der Waals surface area contributed by atoms with E-state index in [2.05, 4.69) is 19.1 Å².